The Morgan fingerprint density at radius 2 is 2.06 bits per heavy atom. The van der Waals surface area contributed by atoms with Crippen molar-refractivity contribution >= 4 is 5.71 Å². The minimum Gasteiger partial charge on any atom is -0.508 e. The maximum Gasteiger partial charge on any atom is 0.129 e. The Balaban J connectivity index is 2.61. The van der Waals surface area contributed by atoms with Crippen LogP contribution in [0.2, 0.25) is 0 Å². The fraction of sp³-hybridized carbons (Fsp3) is 0.308. The minimum atomic E-state index is 0.227. The first-order valence-corrected chi connectivity index (χ1v) is 5.40. The maximum atomic E-state index is 9.18. The molecule has 0 radical (unpaired) electrons. The van der Waals surface area contributed by atoms with Crippen LogP contribution in [-0.2, 0) is 4.84 Å². The molecule has 0 aliphatic heterocycles. The molecule has 0 saturated carbocycles. The first-order chi connectivity index (χ1) is 8.13. The summed E-state index contributed by atoms with van der Waals surface area (Å²) in [7, 11) is 3.95. The van der Waals surface area contributed by atoms with E-state index in [4.69, 9.17) is 4.84 Å². The third-order valence-corrected chi connectivity index (χ3v) is 2.15. The number of oxime groups is 1. The summed E-state index contributed by atoms with van der Waals surface area (Å²) in [5, 5.41) is 13.2. The van der Waals surface area contributed by atoms with E-state index in [-0.39, 0.29) is 5.75 Å². The number of phenolic OH excluding ortho intramolecular Hbond substituents is 1. The molecule has 4 heteroatoms. The van der Waals surface area contributed by atoms with Crippen molar-refractivity contribution in [1.29, 1.82) is 0 Å². The number of hydrogen-bond donors (Lipinski definition) is 1. The average molecular weight is 234 g/mol. The number of allylic oxidation sites excluding steroid dienone is 1. The van der Waals surface area contributed by atoms with Crippen LogP contribution in [0, 0.1) is 0 Å². The lowest BCUT2D eigenvalue weighted by atomic mass is 10.1. The number of nitrogens with zero attached hydrogens (tertiary/aromatic N) is 2. The molecule has 0 saturated heterocycles. The van der Waals surface area contributed by atoms with Crippen LogP contribution in [0.1, 0.15) is 5.56 Å². The predicted octanol–water partition coefficient (Wildman–Crippen LogP) is 1.86. The van der Waals surface area contributed by atoms with Gasteiger partial charge in [-0.3, -0.25) is 0 Å². The van der Waals surface area contributed by atoms with E-state index in [9.17, 15) is 5.11 Å². The maximum absolute atomic E-state index is 9.18. The van der Waals surface area contributed by atoms with Crippen molar-refractivity contribution in [3.05, 3.63) is 42.5 Å². The zero-order valence-electron chi connectivity index (χ0n) is 10.3. The van der Waals surface area contributed by atoms with Crippen LogP contribution in [-0.4, -0.2) is 43.0 Å². The standard InChI is InChI=1S/C13H18N2O2/c1-4-13(14-17-10-9-15(2)3)11-5-7-12(16)8-6-11/h4-8,16H,1,9-10H2,2-3H3/b14-13+. The topological polar surface area (TPSA) is 45.1 Å². The van der Waals surface area contributed by atoms with Crippen LogP contribution in [0.25, 0.3) is 0 Å². The van der Waals surface area contributed by atoms with E-state index < -0.39 is 0 Å². The molecule has 1 aromatic carbocycles. The van der Waals surface area contributed by atoms with E-state index in [1.165, 1.54) is 0 Å². The van der Waals surface area contributed by atoms with E-state index >= 15 is 0 Å². The number of aromatic hydroxyl groups is 1. The molecule has 1 rings (SSSR count). The number of benzene rings is 1. The fourth-order valence-corrected chi connectivity index (χ4v) is 1.18. The molecular formula is C13H18N2O2. The molecule has 0 aromatic heterocycles. The first kappa shape index (κ1) is 13.3. The molecule has 0 amide bonds. The Hall–Kier alpha value is -1.81. The number of phenols is 1. The molecule has 0 aliphatic rings. The second-order valence-corrected chi connectivity index (χ2v) is 3.86. The van der Waals surface area contributed by atoms with Gasteiger partial charge in [0.2, 0.25) is 0 Å². The molecule has 17 heavy (non-hydrogen) atoms. The summed E-state index contributed by atoms with van der Waals surface area (Å²) in [4.78, 5) is 7.21. The quantitative estimate of drug-likeness (QED) is 0.464. The summed E-state index contributed by atoms with van der Waals surface area (Å²) < 4.78 is 0. The van der Waals surface area contributed by atoms with Gasteiger partial charge in [-0.15, -0.1) is 0 Å². The molecule has 0 fully saturated rings. The van der Waals surface area contributed by atoms with Gasteiger partial charge < -0.3 is 14.8 Å². The third-order valence-electron chi connectivity index (χ3n) is 2.15. The van der Waals surface area contributed by atoms with Gasteiger partial charge in [-0.25, -0.2) is 0 Å². The van der Waals surface area contributed by atoms with Crippen LogP contribution in [0.15, 0.2) is 42.1 Å². The summed E-state index contributed by atoms with van der Waals surface area (Å²) >= 11 is 0. The lowest BCUT2D eigenvalue weighted by Crippen LogP contribution is -2.17. The van der Waals surface area contributed by atoms with Gasteiger partial charge in [0.1, 0.15) is 18.1 Å². The molecule has 4 nitrogen and oxygen atoms in total. The predicted molar refractivity (Wildman–Crippen MR) is 69.3 cm³/mol. The van der Waals surface area contributed by atoms with Crippen molar-refractivity contribution in [3.63, 3.8) is 0 Å². The molecular weight excluding hydrogens is 216 g/mol. The lowest BCUT2D eigenvalue weighted by Gasteiger charge is -2.08. The van der Waals surface area contributed by atoms with Crippen molar-refractivity contribution in [1.82, 2.24) is 4.90 Å². The van der Waals surface area contributed by atoms with E-state index in [0.29, 0.717) is 12.3 Å². The van der Waals surface area contributed by atoms with Crippen molar-refractivity contribution in [2.75, 3.05) is 27.2 Å². The number of likely N-dealkylation sites (N-methyl/N-ethyl adjacent to an activating group) is 1. The molecule has 1 N–H and O–H groups in total. The molecule has 1 aromatic rings. The van der Waals surface area contributed by atoms with Crippen molar-refractivity contribution < 1.29 is 9.94 Å². The highest BCUT2D eigenvalue weighted by Gasteiger charge is 2.00. The van der Waals surface area contributed by atoms with E-state index in [1.54, 1.807) is 30.3 Å². The summed E-state index contributed by atoms with van der Waals surface area (Å²) in [6.45, 7) is 5.03. The SMILES string of the molecule is C=C/C(=N\OCCN(C)C)c1ccc(O)cc1. The summed E-state index contributed by atoms with van der Waals surface area (Å²) in [6.07, 6.45) is 1.63. The van der Waals surface area contributed by atoms with Crippen molar-refractivity contribution in [3.8, 4) is 5.75 Å². The van der Waals surface area contributed by atoms with E-state index in [1.807, 2.05) is 19.0 Å². The largest absolute Gasteiger partial charge is 0.508 e. The van der Waals surface area contributed by atoms with Gasteiger partial charge >= 0.3 is 0 Å². The highest BCUT2D eigenvalue weighted by Crippen LogP contribution is 2.11. The van der Waals surface area contributed by atoms with Crippen LogP contribution in [0.5, 0.6) is 5.75 Å². The third kappa shape index (κ3) is 4.70. The molecule has 0 aliphatic carbocycles. The van der Waals surface area contributed by atoms with Crippen LogP contribution >= 0.6 is 0 Å². The van der Waals surface area contributed by atoms with Crippen molar-refractivity contribution in [2.24, 2.45) is 5.16 Å². The minimum absolute atomic E-state index is 0.227. The molecule has 0 atom stereocenters. The molecule has 0 unspecified atom stereocenters. The van der Waals surface area contributed by atoms with Gasteiger partial charge in [0.15, 0.2) is 0 Å². The Kier molecular flexibility index (Phi) is 5.23. The van der Waals surface area contributed by atoms with E-state index in [0.717, 1.165) is 12.1 Å². The van der Waals surface area contributed by atoms with Gasteiger partial charge in [0.25, 0.3) is 0 Å². The van der Waals surface area contributed by atoms with Crippen LogP contribution in [0.4, 0.5) is 0 Å². The molecule has 0 heterocycles. The van der Waals surface area contributed by atoms with Crippen LogP contribution in [0.3, 0.4) is 0 Å². The van der Waals surface area contributed by atoms with Gasteiger partial charge in [0.05, 0.1) is 0 Å². The second-order valence-electron chi connectivity index (χ2n) is 3.86. The number of rotatable bonds is 6. The zero-order valence-corrected chi connectivity index (χ0v) is 10.3. The van der Waals surface area contributed by atoms with E-state index in [2.05, 4.69) is 11.7 Å². The Bertz CT molecular complexity index is 383. The fourth-order valence-electron chi connectivity index (χ4n) is 1.18. The highest BCUT2D eigenvalue weighted by atomic mass is 16.6. The van der Waals surface area contributed by atoms with Gasteiger partial charge in [0, 0.05) is 12.1 Å². The molecule has 0 bridgehead atoms. The second kappa shape index (κ2) is 6.70. The molecule has 0 spiro atoms. The smallest absolute Gasteiger partial charge is 0.129 e. The molecule has 92 valence electrons. The number of hydrogen-bond acceptors (Lipinski definition) is 4. The first-order valence-electron chi connectivity index (χ1n) is 5.40. The summed E-state index contributed by atoms with van der Waals surface area (Å²) in [6, 6.07) is 6.75. The Morgan fingerprint density at radius 3 is 2.59 bits per heavy atom. The monoisotopic (exact) mass is 234 g/mol. The van der Waals surface area contributed by atoms with Gasteiger partial charge in [-0.2, -0.15) is 0 Å². The lowest BCUT2D eigenvalue weighted by molar-refractivity contribution is 0.126. The average Bonchev–Trinajstić information content (AvgIpc) is 2.30. The highest BCUT2D eigenvalue weighted by molar-refractivity contribution is 6.08. The van der Waals surface area contributed by atoms with Gasteiger partial charge in [-0.05, 0) is 44.4 Å². The van der Waals surface area contributed by atoms with Crippen molar-refractivity contribution in [2.45, 2.75) is 0 Å². The Labute approximate surface area is 102 Å². The normalized spacial score (nSPS) is 11.6. The zero-order chi connectivity index (χ0) is 12.7. The Morgan fingerprint density at radius 1 is 1.41 bits per heavy atom. The van der Waals surface area contributed by atoms with Gasteiger partial charge in [-0.1, -0.05) is 11.7 Å². The summed E-state index contributed by atoms with van der Waals surface area (Å²) in [5.41, 5.74) is 1.52. The van der Waals surface area contributed by atoms with Crippen LogP contribution < -0.4 is 0 Å². The summed E-state index contributed by atoms with van der Waals surface area (Å²) in [5.74, 6) is 0.227.